The van der Waals surface area contributed by atoms with Gasteiger partial charge in [0.05, 0.1) is 5.92 Å². The van der Waals surface area contributed by atoms with E-state index in [0.717, 1.165) is 37.3 Å². The summed E-state index contributed by atoms with van der Waals surface area (Å²) in [7, 11) is 0. The number of aromatic nitrogens is 1. The minimum Gasteiger partial charge on any atom is -0.369 e. The van der Waals surface area contributed by atoms with Crippen molar-refractivity contribution in [1.82, 2.24) is 10.3 Å². The summed E-state index contributed by atoms with van der Waals surface area (Å²) in [6, 6.07) is 2.57. The fourth-order valence-electron chi connectivity index (χ4n) is 2.93. The molecular formula is C16H26N4O. The standard InChI is InChI=1S/C16H26N4O/c1-4-18-8-13-7-11(2)16(19-9-13)20-10-14(15(17)21)6-5-12(20)3/h7,9,12,14,18H,4-6,8,10H2,1-3H3,(H2,17,21). The molecule has 1 aromatic rings. The van der Waals surface area contributed by atoms with Crippen molar-refractivity contribution in [2.24, 2.45) is 11.7 Å². The van der Waals surface area contributed by atoms with Crippen LogP contribution in [0, 0.1) is 12.8 Å². The number of nitrogens with zero attached hydrogens (tertiary/aromatic N) is 2. The summed E-state index contributed by atoms with van der Waals surface area (Å²) in [4.78, 5) is 18.3. The van der Waals surface area contributed by atoms with Gasteiger partial charge in [0.25, 0.3) is 0 Å². The fourth-order valence-corrected chi connectivity index (χ4v) is 2.93. The van der Waals surface area contributed by atoms with Gasteiger partial charge in [0.2, 0.25) is 5.91 Å². The van der Waals surface area contributed by atoms with Crippen LogP contribution in [-0.4, -0.2) is 30.0 Å². The minimum absolute atomic E-state index is 0.0659. The molecule has 0 spiro atoms. The second-order valence-corrected chi connectivity index (χ2v) is 5.94. The highest BCUT2D eigenvalue weighted by Gasteiger charge is 2.30. The van der Waals surface area contributed by atoms with Gasteiger partial charge in [0.15, 0.2) is 0 Å². The Labute approximate surface area is 126 Å². The van der Waals surface area contributed by atoms with Crippen molar-refractivity contribution < 1.29 is 4.79 Å². The molecule has 21 heavy (non-hydrogen) atoms. The molecule has 1 aromatic heterocycles. The summed E-state index contributed by atoms with van der Waals surface area (Å²) in [6.45, 7) is 8.82. The largest absolute Gasteiger partial charge is 0.369 e. The molecule has 2 unspecified atom stereocenters. The number of aryl methyl sites for hydroxylation is 1. The van der Waals surface area contributed by atoms with Gasteiger partial charge in [0, 0.05) is 25.3 Å². The lowest BCUT2D eigenvalue weighted by Crippen LogP contribution is -2.46. The Morgan fingerprint density at radius 3 is 2.90 bits per heavy atom. The third kappa shape index (κ3) is 3.73. The normalized spacial score (nSPS) is 22.3. The highest BCUT2D eigenvalue weighted by Crippen LogP contribution is 2.28. The van der Waals surface area contributed by atoms with Crippen LogP contribution < -0.4 is 16.0 Å². The number of hydrogen-bond acceptors (Lipinski definition) is 4. The van der Waals surface area contributed by atoms with E-state index >= 15 is 0 Å². The molecule has 116 valence electrons. The van der Waals surface area contributed by atoms with Crippen LogP contribution in [0.3, 0.4) is 0 Å². The number of anilines is 1. The van der Waals surface area contributed by atoms with Crippen LogP contribution in [-0.2, 0) is 11.3 Å². The molecule has 0 aliphatic carbocycles. The van der Waals surface area contributed by atoms with Crippen molar-refractivity contribution in [2.75, 3.05) is 18.0 Å². The lowest BCUT2D eigenvalue weighted by Gasteiger charge is -2.38. The molecule has 5 nitrogen and oxygen atoms in total. The van der Waals surface area contributed by atoms with E-state index < -0.39 is 0 Å². The summed E-state index contributed by atoms with van der Waals surface area (Å²) in [5.74, 6) is 0.714. The molecule has 1 fully saturated rings. The first-order valence-electron chi connectivity index (χ1n) is 7.75. The molecule has 3 N–H and O–H groups in total. The summed E-state index contributed by atoms with van der Waals surface area (Å²) in [5.41, 5.74) is 7.82. The van der Waals surface area contributed by atoms with E-state index in [-0.39, 0.29) is 11.8 Å². The maximum absolute atomic E-state index is 11.5. The van der Waals surface area contributed by atoms with Gasteiger partial charge in [-0.05, 0) is 50.4 Å². The Bertz CT molecular complexity index is 503. The molecule has 0 aromatic carbocycles. The summed E-state index contributed by atoms with van der Waals surface area (Å²) in [6.07, 6.45) is 3.78. The topological polar surface area (TPSA) is 71.2 Å². The number of rotatable bonds is 5. The van der Waals surface area contributed by atoms with E-state index in [1.807, 2.05) is 6.20 Å². The summed E-state index contributed by atoms with van der Waals surface area (Å²) < 4.78 is 0. The van der Waals surface area contributed by atoms with Gasteiger partial charge >= 0.3 is 0 Å². The van der Waals surface area contributed by atoms with Crippen molar-refractivity contribution in [3.63, 3.8) is 0 Å². The lowest BCUT2D eigenvalue weighted by molar-refractivity contribution is -0.122. The van der Waals surface area contributed by atoms with Gasteiger partial charge in [-0.1, -0.05) is 6.92 Å². The molecule has 2 atom stereocenters. The highest BCUT2D eigenvalue weighted by atomic mass is 16.1. The van der Waals surface area contributed by atoms with Crippen LogP contribution >= 0.6 is 0 Å². The second kappa shape index (κ2) is 6.89. The molecule has 2 heterocycles. The number of nitrogens with one attached hydrogen (secondary N) is 1. The molecule has 1 aliphatic rings. The van der Waals surface area contributed by atoms with Gasteiger partial charge in [0.1, 0.15) is 5.82 Å². The Balaban J connectivity index is 2.17. The first-order valence-corrected chi connectivity index (χ1v) is 7.75. The monoisotopic (exact) mass is 290 g/mol. The smallest absolute Gasteiger partial charge is 0.222 e. The lowest BCUT2D eigenvalue weighted by atomic mass is 9.92. The Kier molecular flexibility index (Phi) is 5.17. The third-order valence-electron chi connectivity index (χ3n) is 4.24. The number of piperidine rings is 1. The Morgan fingerprint density at radius 2 is 2.29 bits per heavy atom. The average Bonchev–Trinajstić information content (AvgIpc) is 2.46. The van der Waals surface area contributed by atoms with Gasteiger partial charge in [-0.2, -0.15) is 0 Å². The zero-order valence-corrected chi connectivity index (χ0v) is 13.2. The predicted molar refractivity (Wildman–Crippen MR) is 85.1 cm³/mol. The van der Waals surface area contributed by atoms with E-state index in [2.05, 4.69) is 42.0 Å². The SMILES string of the molecule is CCNCc1cnc(N2CC(C(N)=O)CCC2C)c(C)c1. The quantitative estimate of drug-likeness (QED) is 0.864. The maximum Gasteiger partial charge on any atom is 0.222 e. The fraction of sp³-hybridized carbons (Fsp3) is 0.625. The summed E-state index contributed by atoms with van der Waals surface area (Å²) in [5, 5.41) is 3.31. The second-order valence-electron chi connectivity index (χ2n) is 5.94. The zero-order chi connectivity index (χ0) is 15.4. The van der Waals surface area contributed by atoms with Crippen LogP contribution in [0.5, 0.6) is 0 Å². The van der Waals surface area contributed by atoms with Crippen LogP contribution in [0.4, 0.5) is 5.82 Å². The maximum atomic E-state index is 11.5. The Hall–Kier alpha value is -1.62. The van der Waals surface area contributed by atoms with Crippen molar-refractivity contribution in [3.8, 4) is 0 Å². The van der Waals surface area contributed by atoms with Crippen LogP contribution in [0.2, 0.25) is 0 Å². The average molecular weight is 290 g/mol. The van der Waals surface area contributed by atoms with E-state index in [0.29, 0.717) is 12.6 Å². The molecule has 1 amide bonds. The Morgan fingerprint density at radius 1 is 1.52 bits per heavy atom. The highest BCUT2D eigenvalue weighted by molar-refractivity contribution is 5.77. The number of carbonyl (C=O) groups excluding carboxylic acids is 1. The number of primary amides is 1. The predicted octanol–water partition coefficient (Wildman–Crippen LogP) is 1.59. The van der Waals surface area contributed by atoms with Gasteiger partial charge in [-0.3, -0.25) is 4.79 Å². The van der Waals surface area contributed by atoms with Crippen LogP contribution in [0.1, 0.15) is 37.8 Å². The first kappa shape index (κ1) is 15.8. The van der Waals surface area contributed by atoms with Crippen molar-refractivity contribution >= 4 is 11.7 Å². The number of carbonyl (C=O) groups is 1. The number of pyridine rings is 1. The van der Waals surface area contributed by atoms with Gasteiger partial charge < -0.3 is 16.0 Å². The zero-order valence-electron chi connectivity index (χ0n) is 13.2. The van der Waals surface area contributed by atoms with Crippen molar-refractivity contribution in [1.29, 1.82) is 0 Å². The molecule has 0 bridgehead atoms. The molecule has 0 saturated carbocycles. The first-order chi connectivity index (χ1) is 10.0. The molecule has 5 heteroatoms. The third-order valence-corrected chi connectivity index (χ3v) is 4.24. The van der Waals surface area contributed by atoms with E-state index in [1.54, 1.807) is 0 Å². The van der Waals surface area contributed by atoms with Crippen LogP contribution in [0.15, 0.2) is 12.3 Å². The van der Waals surface area contributed by atoms with E-state index in [9.17, 15) is 4.79 Å². The van der Waals surface area contributed by atoms with Gasteiger partial charge in [-0.25, -0.2) is 4.98 Å². The molecule has 1 aliphatic heterocycles. The van der Waals surface area contributed by atoms with Crippen LogP contribution in [0.25, 0.3) is 0 Å². The van der Waals surface area contributed by atoms with Gasteiger partial charge in [-0.15, -0.1) is 0 Å². The van der Waals surface area contributed by atoms with E-state index in [1.165, 1.54) is 5.56 Å². The van der Waals surface area contributed by atoms with Crippen molar-refractivity contribution in [2.45, 2.75) is 46.2 Å². The molecule has 0 radical (unpaired) electrons. The van der Waals surface area contributed by atoms with Crippen molar-refractivity contribution in [3.05, 3.63) is 23.4 Å². The number of hydrogen-bond donors (Lipinski definition) is 2. The number of nitrogens with two attached hydrogens (primary N) is 1. The summed E-state index contributed by atoms with van der Waals surface area (Å²) >= 11 is 0. The van der Waals surface area contributed by atoms with E-state index in [4.69, 9.17) is 5.73 Å². The molecule has 1 saturated heterocycles. The molecule has 2 rings (SSSR count). The number of amides is 1. The molecular weight excluding hydrogens is 264 g/mol. The minimum atomic E-state index is -0.201.